The Balaban J connectivity index is 1.49. The van der Waals surface area contributed by atoms with E-state index in [0.29, 0.717) is 6.61 Å². The summed E-state index contributed by atoms with van der Waals surface area (Å²) < 4.78 is 6.01. The van der Waals surface area contributed by atoms with Gasteiger partial charge >= 0.3 is 0 Å². The highest BCUT2D eigenvalue weighted by atomic mass is 32.1. The van der Waals surface area contributed by atoms with Crippen molar-refractivity contribution >= 4 is 11.3 Å². The minimum Gasteiger partial charge on any atom is -0.487 e. The number of nitrogens with zero attached hydrogens (tertiary/aromatic N) is 1. The first-order chi connectivity index (χ1) is 11.8. The molecule has 0 radical (unpaired) electrons. The molecule has 3 rings (SSSR count). The van der Waals surface area contributed by atoms with Gasteiger partial charge in [0.05, 0.1) is 11.2 Å². The Morgan fingerprint density at radius 3 is 2.83 bits per heavy atom. The number of ether oxygens (including phenoxy) is 1. The van der Waals surface area contributed by atoms with E-state index in [1.807, 2.05) is 5.51 Å². The second-order valence-electron chi connectivity index (χ2n) is 7.26. The molecule has 0 amide bonds. The van der Waals surface area contributed by atoms with E-state index < -0.39 is 0 Å². The molecule has 2 aromatic rings. The number of benzene rings is 1. The van der Waals surface area contributed by atoms with Crippen molar-refractivity contribution in [2.24, 2.45) is 11.8 Å². The van der Waals surface area contributed by atoms with Crippen LogP contribution in [0.4, 0.5) is 0 Å². The Morgan fingerprint density at radius 1 is 1.21 bits per heavy atom. The molecule has 1 aromatic heterocycles. The first kappa shape index (κ1) is 17.5. The predicted molar refractivity (Wildman–Crippen MR) is 102 cm³/mol. The number of rotatable bonds is 8. The van der Waals surface area contributed by atoms with Crippen molar-refractivity contribution in [3.63, 3.8) is 0 Å². The highest BCUT2D eigenvalue weighted by molar-refractivity contribution is 7.07. The largest absolute Gasteiger partial charge is 0.487 e. The Labute approximate surface area is 150 Å². The third-order valence-electron chi connectivity index (χ3n) is 5.20. The second-order valence-corrected chi connectivity index (χ2v) is 7.98. The van der Waals surface area contributed by atoms with Crippen LogP contribution in [0.15, 0.2) is 35.2 Å². The van der Waals surface area contributed by atoms with E-state index in [1.54, 1.807) is 11.3 Å². The molecule has 0 spiro atoms. The second kappa shape index (κ2) is 9.22. The SMILES string of the molecule is CC(CCc1ccccc1OCc1cscn1)CC1CCCCC1. The molecule has 130 valence electrons. The van der Waals surface area contributed by atoms with E-state index in [4.69, 9.17) is 4.74 Å². The van der Waals surface area contributed by atoms with Crippen LogP contribution in [0, 0.1) is 11.8 Å². The average Bonchev–Trinajstić information content (AvgIpc) is 3.13. The van der Waals surface area contributed by atoms with E-state index in [9.17, 15) is 0 Å². The summed E-state index contributed by atoms with van der Waals surface area (Å²) in [6.07, 6.45) is 11.0. The summed E-state index contributed by atoms with van der Waals surface area (Å²) in [4.78, 5) is 4.29. The molecule has 3 heteroatoms. The van der Waals surface area contributed by atoms with E-state index in [0.717, 1.165) is 29.7 Å². The maximum absolute atomic E-state index is 6.01. The van der Waals surface area contributed by atoms with Crippen LogP contribution < -0.4 is 4.74 Å². The molecule has 1 saturated carbocycles. The van der Waals surface area contributed by atoms with Gasteiger partial charge in [0, 0.05) is 5.38 Å². The first-order valence-corrected chi connectivity index (χ1v) is 10.3. The van der Waals surface area contributed by atoms with Crippen LogP contribution in [0.5, 0.6) is 5.75 Å². The van der Waals surface area contributed by atoms with Crippen LogP contribution in [0.25, 0.3) is 0 Å². The summed E-state index contributed by atoms with van der Waals surface area (Å²) >= 11 is 1.62. The summed E-state index contributed by atoms with van der Waals surface area (Å²) in [7, 11) is 0. The molecule has 1 heterocycles. The van der Waals surface area contributed by atoms with Crippen molar-refractivity contribution in [1.82, 2.24) is 4.98 Å². The summed E-state index contributed by atoms with van der Waals surface area (Å²) in [5, 5.41) is 2.05. The molecular formula is C21H29NOS. The van der Waals surface area contributed by atoms with Crippen molar-refractivity contribution in [2.75, 3.05) is 0 Å². The van der Waals surface area contributed by atoms with Crippen molar-refractivity contribution in [3.05, 3.63) is 46.4 Å². The molecule has 24 heavy (non-hydrogen) atoms. The minimum atomic E-state index is 0.568. The summed E-state index contributed by atoms with van der Waals surface area (Å²) in [5.74, 6) is 2.81. The molecule has 0 aliphatic heterocycles. The maximum atomic E-state index is 6.01. The Morgan fingerprint density at radius 2 is 2.04 bits per heavy atom. The zero-order valence-corrected chi connectivity index (χ0v) is 15.6. The number of hydrogen-bond donors (Lipinski definition) is 0. The van der Waals surface area contributed by atoms with Gasteiger partial charge in [0.2, 0.25) is 0 Å². The molecule has 1 atom stereocenters. The molecule has 1 unspecified atom stereocenters. The lowest BCUT2D eigenvalue weighted by molar-refractivity contribution is 0.285. The van der Waals surface area contributed by atoms with Crippen molar-refractivity contribution in [3.8, 4) is 5.75 Å². The molecule has 0 saturated heterocycles. The predicted octanol–water partition coefficient (Wildman–Crippen LogP) is 6.26. The van der Waals surface area contributed by atoms with Gasteiger partial charge in [-0.05, 0) is 42.7 Å². The molecule has 1 aliphatic rings. The number of hydrogen-bond acceptors (Lipinski definition) is 3. The van der Waals surface area contributed by atoms with Gasteiger partial charge in [-0.1, -0.05) is 57.2 Å². The van der Waals surface area contributed by atoms with E-state index in [2.05, 4.69) is 41.6 Å². The van der Waals surface area contributed by atoms with Gasteiger partial charge in [-0.15, -0.1) is 11.3 Å². The summed E-state index contributed by atoms with van der Waals surface area (Å²) in [6, 6.07) is 8.49. The monoisotopic (exact) mass is 343 g/mol. The lowest BCUT2D eigenvalue weighted by Crippen LogP contribution is -2.11. The fourth-order valence-electron chi connectivity index (χ4n) is 3.82. The van der Waals surface area contributed by atoms with Crippen molar-refractivity contribution < 1.29 is 4.74 Å². The lowest BCUT2D eigenvalue weighted by Gasteiger charge is -2.24. The Kier molecular flexibility index (Phi) is 6.71. The molecule has 0 bridgehead atoms. The number of aromatic nitrogens is 1. The molecule has 2 nitrogen and oxygen atoms in total. The van der Waals surface area contributed by atoms with Crippen LogP contribution in [0.2, 0.25) is 0 Å². The fraction of sp³-hybridized carbons (Fsp3) is 0.571. The van der Waals surface area contributed by atoms with Crippen LogP contribution in [0.1, 0.15) is 63.1 Å². The standard InChI is InChI=1S/C21H29NOS/c1-17(13-18-7-3-2-4-8-18)11-12-19-9-5-6-10-21(19)23-14-20-15-24-16-22-20/h5-6,9-10,15-18H,2-4,7-8,11-14H2,1H3. The Bertz CT molecular complexity index is 590. The zero-order chi connectivity index (χ0) is 16.6. The van der Waals surface area contributed by atoms with E-state index in [1.165, 1.54) is 50.5 Å². The van der Waals surface area contributed by atoms with Crippen LogP contribution in [0.3, 0.4) is 0 Å². The van der Waals surface area contributed by atoms with Gasteiger partial charge in [0.15, 0.2) is 0 Å². The molecular weight excluding hydrogens is 314 g/mol. The number of thiazole rings is 1. The number of para-hydroxylation sites is 1. The van der Waals surface area contributed by atoms with E-state index >= 15 is 0 Å². The normalized spacial score (nSPS) is 16.9. The lowest BCUT2D eigenvalue weighted by atomic mass is 9.82. The average molecular weight is 344 g/mol. The Hall–Kier alpha value is -1.35. The molecule has 1 aromatic carbocycles. The summed E-state index contributed by atoms with van der Waals surface area (Å²) in [5.41, 5.74) is 4.21. The minimum absolute atomic E-state index is 0.568. The highest BCUT2D eigenvalue weighted by Gasteiger charge is 2.16. The van der Waals surface area contributed by atoms with Gasteiger partial charge in [0.25, 0.3) is 0 Å². The third-order valence-corrected chi connectivity index (χ3v) is 5.83. The third kappa shape index (κ3) is 5.34. The molecule has 1 aliphatic carbocycles. The topological polar surface area (TPSA) is 22.1 Å². The first-order valence-electron chi connectivity index (χ1n) is 9.39. The molecule has 1 fully saturated rings. The zero-order valence-electron chi connectivity index (χ0n) is 14.7. The number of aryl methyl sites for hydroxylation is 1. The van der Waals surface area contributed by atoms with Gasteiger partial charge < -0.3 is 4.74 Å². The van der Waals surface area contributed by atoms with Crippen LogP contribution >= 0.6 is 11.3 Å². The van der Waals surface area contributed by atoms with Crippen LogP contribution in [-0.4, -0.2) is 4.98 Å². The maximum Gasteiger partial charge on any atom is 0.131 e. The van der Waals surface area contributed by atoms with Gasteiger partial charge in [-0.3, -0.25) is 0 Å². The molecule has 0 N–H and O–H groups in total. The van der Waals surface area contributed by atoms with Crippen LogP contribution in [-0.2, 0) is 13.0 Å². The summed E-state index contributed by atoms with van der Waals surface area (Å²) in [6.45, 7) is 2.99. The quantitative estimate of drug-likeness (QED) is 0.564. The van der Waals surface area contributed by atoms with E-state index in [-0.39, 0.29) is 0 Å². The van der Waals surface area contributed by atoms with Gasteiger partial charge in [-0.25, -0.2) is 4.98 Å². The smallest absolute Gasteiger partial charge is 0.131 e. The van der Waals surface area contributed by atoms with Crippen molar-refractivity contribution in [2.45, 2.75) is 64.9 Å². The fourth-order valence-corrected chi connectivity index (χ4v) is 4.37. The van der Waals surface area contributed by atoms with Gasteiger partial charge in [-0.2, -0.15) is 0 Å². The van der Waals surface area contributed by atoms with Gasteiger partial charge in [0.1, 0.15) is 12.4 Å². The highest BCUT2D eigenvalue weighted by Crippen LogP contribution is 2.31. The van der Waals surface area contributed by atoms with Crippen molar-refractivity contribution in [1.29, 1.82) is 0 Å².